The van der Waals surface area contributed by atoms with E-state index in [1.54, 1.807) is 19.4 Å². The highest BCUT2D eigenvalue weighted by Crippen LogP contribution is 2.26. The van der Waals surface area contributed by atoms with Crippen LogP contribution in [0.1, 0.15) is 37.7 Å². The summed E-state index contributed by atoms with van der Waals surface area (Å²) in [6, 6.07) is 9.09. The zero-order valence-electron chi connectivity index (χ0n) is 16.5. The van der Waals surface area contributed by atoms with Crippen LogP contribution in [0.5, 0.6) is 0 Å². The van der Waals surface area contributed by atoms with Crippen molar-refractivity contribution in [3.63, 3.8) is 0 Å². The molecule has 1 fully saturated rings. The van der Waals surface area contributed by atoms with Gasteiger partial charge in [0.05, 0.1) is 9.79 Å². The lowest BCUT2D eigenvalue weighted by Gasteiger charge is -2.30. The maximum absolute atomic E-state index is 12.9. The highest BCUT2D eigenvalue weighted by Gasteiger charge is 2.29. The fourth-order valence-corrected chi connectivity index (χ4v) is 6.01. The van der Waals surface area contributed by atoms with Gasteiger partial charge in [0.15, 0.2) is 0 Å². The van der Waals surface area contributed by atoms with Gasteiger partial charge in [0.25, 0.3) is 0 Å². The van der Waals surface area contributed by atoms with E-state index in [1.807, 2.05) is 12.1 Å². The number of nitrogens with one attached hydrogen (secondary N) is 1. The minimum Gasteiger partial charge on any atom is -0.265 e. The second-order valence-electron chi connectivity index (χ2n) is 7.29. The van der Waals surface area contributed by atoms with Crippen molar-refractivity contribution in [2.75, 3.05) is 13.6 Å². The van der Waals surface area contributed by atoms with Crippen LogP contribution in [0, 0.1) is 0 Å². The second-order valence-corrected chi connectivity index (χ2v) is 11.1. The van der Waals surface area contributed by atoms with Crippen LogP contribution in [0.15, 0.2) is 58.6 Å². The van der Waals surface area contributed by atoms with Crippen molar-refractivity contribution in [2.24, 2.45) is 0 Å². The summed E-state index contributed by atoms with van der Waals surface area (Å²) in [5, 5.41) is 0. The topological polar surface area (TPSA) is 96.4 Å². The molecule has 2 aromatic rings. The zero-order valence-corrected chi connectivity index (χ0v) is 18.1. The minimum atomic E-state index is -3.71. The van der Waals surface area contributed by atoms with Crippen molar-refractivity contribution >= 4 is 20.0 Å². The van der Waals surface area contributed by atoms with E-state index in [1.165, 1.54) is 28.6 Å². The Labute approximate surface area is 173 Å². The number of benzene rings is 1. The quantitative estimate of drug-likeness (QED) is 0.685. The molecule has 0 amide bonds. The number of hydrogen-bond donors (Lipinski definition) is 1. The summed E-state index contributed by atoms with van der Waals surface area (Å²) >= 11 is 0. The molecule has 158 valence electrons. The van der Waals surface area contributed by atoms with Gasteiger partial charge < -0.3 is 0 Å². The Kier molecular flexibility index (Phi) is 7.05. The SMILES string of the molecule is CN(C1CCCCC1)S(=O)(=O)c1ccc(S(=O)(=O)NCCc2ccncc2)cc1. The number of hydrogen-bond acceptors (Lipinski definition) is 5. The Morgan fingerprint density at radius 3 is 2.14 bits per heavy atom. The number of sulfonamides is 2. The molecule has 3 rings (SSSR count). The molecule has 1 aliphatic rings. The van der Waals surface area contributed by atoms with E-state index in [4.69, 9.17) is 0 Å². The standard InChI is InChI=1S/C20H27N3O4S2/c1-23(18-5-3-2-4-6-18)29(26,27)20-9-7-19(8-10-20)28(24,25)22-16-13-17-11-14-21-15-12-17/h7-12,14-15,18,22H,2-6,13,16H2,1H3. The van der Waals surface area contributed by atoms with E-state index in [0.29, 0.717) is 6.42 Å². The van der Waals surface area contributed by atoms with Gasteiger partial charge in [0.2, 0.25) is 20.0 Å². The Bertz CT molecular complexity index is 1000. The average Bonchev–Trinajstić information content (AvgIpc) is 2.74. The van der Waals surface area contributed by atoms with Crippen molar-refractivity contribution in [2.45, 2.75) is 54.4 Å². The van der Waals surface area contributed by atoms with Gasteiger partial charge in [-0.15, -0.1) is 0 Å². The maximum Gasteiger partial charge on any atom is 0.243 e. The molecule has 29 heavy (non-hydrogen) atoms. The molecule has 1 N–H and O–H groups in total. The van der Waals surface area contributed by atoms with Crippen LogP contribution < -0.4 is 4.72 Å². The summed E-state index contributed by atoms with van der Waals surface area (Å²) in [6.07, 6.45) is 8.80. The number of aromatic nitrogens is 1. The van der Waals surface area contributed by atoms with E-state index < -0.39 is 20.0 Å². The molecular weight excluding hydrogens is 410 g/mol. The van der Waals surface area contributed by atoms with Gasteiger partial charge in [-0.05, 0) is 61.2 Å². The molecule has 0 bridgehead atoms. The summed E-state index contributed by atoms with van der Waals surface area (Å²) < 4.78 is 54.7. The third-order valence-electron chi connectivity index (χ3n) is 5.36. The number of pyridine rings is 1. The van der Waals surface area contributed by atoms with Crippen LogP contribution in [-0.2, 0) is 26.5 Å². The summed E-state index contributed by atoms with van der Waals surface area (Å²) in [5.74, 6) is 0. The lowest BCUT2D eigenvalue weighted by molar-refractivity contribution is 0.286. The molecule has 1 heterocycles. The molecule has 0 saturated heterocycles. The summed E-state index contributed by atoms with van der Waals surface area (Å²) in [6.45, 7) is 0.247. The normalized spacial score (nSPS) is 16.2. The van der Waals surface area contributed by atoms with Gasteiger partial charge in [-0.2, -0.15) is 4.31 Å². The van der Waals surface area contributed by atoms with Gasteiger partial charge in [0, 0.05) is 32.0 Å². The summed E-state index contributed by atoms with van der Waals surface area (Å²) in [7, 11) is -5.74. The molecule has 0 aliphatic heterocycles. The first-order chi connectivity index (χ1) is 13.8. The van der Waals surface area contributed by atoms with Gasteiger partial charge in [-0.3, -0.25) is 4.98 Å². The molecular formula is C20H27N3O4S2. The van der Waals surface area contributed by atoms with Crippen LogP contribution in [0.2, 0.25) is 0 Å². The molecule has 1 aliphatic carbocycles. The zero-order chi connectivity index (χ0) is 20.9. The van der Waals surface area contributed by atoms with E-state index in [9.17, 15) is 16.8 Å². The first-order valence-corrected chi connectivity index (χ1v) is 12.7. The van der Waals surface area contributed by atoms with Crippen molar-refractivity contribution < 1.29 is 16.8 Å². The predicted molar refractivity (Wildman–Crippen MR) is 111 cm³/mol. The van der Waals surface area contributed by atoms with E-state index >= 15 is 0 Å². The smallest absolute Gasteiger partial charge is 0.243 e. The molecule has 1 saturated carbocycles. The van der Waals surface area contributed by atoms with Crippen LogP contribution in [0.3, 0.4) is 0 Å². The van der Waals surface area contributed by atoms with E-state index in [-0.39, 0.29) is 22.4 Å². The molecule has 1 aromatic carbocycles. The molecule has 0 spiro atoms. The van der Waals surface area contributed by atoms with Gasteiger partial charge in [0.1, 0.15) is 0 Å². The van der Waals surface area contributed by atoms with Gasteiger partial charge in [-0.25, -0.2) is 21.6 Å². The number of nitrogens with zero attached hydrogens (tertiary/aromatic N) is 2. The highest BCUT2D eigenvalue weighted by molar-refractivity contribution is 7.89. The van der Waals surface area contributed by atoms with Crippen LogP contribution in [-0.4, -0.2) is 45.8 Å². The largest absolute Gasteiger partial charge is 0.265 e. The Morgan fingerprint density at radius 1 is 0.931 bits per heavy atom. The second kappa shape index (κ2) is 9.34. The average molecular weight is 438 g/mol. The summed E-state index contributed by atoms with van der Waals surface area (Å²) in [5.41, 5.74) is 0.981. The minimum absolute atomic E-state index is 0.00649. The molecule has 7 nitrogen and oxygen atoms in total. The molecule has 9 heteroatoms. The first kappa shape index (κ1) is 21.9. The third-order valence-corrected chi connectivity index (χ3v) is 8.76. The highest BCUT2D eigenvalue weighted by atomic mass is 32.2. The summed E-state index contributed by atoms with van der Waals surface area (Å²) in [4.78, 5) is 4.09. The van der Waals surface area contributed by atoms with Gasteiger partial charge in [-0.1, -0.05) is 19.3 Å². The predicted octanol–water partition coefficient (Wildman–Crippen LogP) is 2.56. The molecule has 0 radical (unpaired) electrons. The maximum atomic E-state index is 12.9. The number of rotatable bonds is 8. The first-order valence-electron chi connectivity index (χ1n) is 9.77. The third kappa shape index (κ3) is 5.42. The fourth-order valence-electron chi connectivity index (χ4n) is 3.56. The van der Waals surface area contributed by atoms with Crippen LogP contribution >= 0.6 is 0 Å². The lowest BCUT2D eigenvalue weighted by atomic mass is 9.96. The Balaban J connectivity index is 1.66. The van der Waals surface area contributed by atoms with Crippen LogP contribution in [0.4, 0.5) is 0 Å². The Morgan fingerprint density at radius 2 is 1.52 bits per heavy atom. The van der Waals surface area contributed by atoms with E-state index in [0.717, 1.165) is 37.7 Å². The molecule has 0 atom stereocenters. The van der Waals surface area contributed by atoms with Crippen molar-refractivity contribution in [3.05, 3.63) is 54.4 Å². The van der Waals surface area contributed by atoms with Gasteiger partial charge >= 0.3 is 0 Å². The molecule has 0 unspecified atom stereocenters. The monoisotopic (exact) mass is 437 g/mol. The van der Waals surface area contributed by atoms with Crippen molar-refractivity contribution in [3.8, 4) is 0 Å². The fraction of sp³-hybridized carbons (Fsp3) is 0.450. The van der Waals surface area contributed by atoms with Crippen molar-refractivity contribution in [1.82, 2.24) is 14.0 Å². The van der Waals surface area contributed by atoms with E-state index in [2.05, 4.69) is 9.71 Å². The molecule has 1 aromatic heterocycles. The van der Waals surface area contributed by atoms with Crippen molar-refractivity contribution in [1.29, 1.82) is 0 Å². The van der Waals surface area contributed by atoms with Crippen LogP contribution in [0.25, 0.3) is 0 Å². The Hall–Kier alpha value is -1.81. The lowest BCUT2D eigenvalue weighted by Crippen LogP contribution is -2.38.